The van der Waals surface area contributed by atoms with E-state index in [1.54, 1.807) is 12.0 Å². The van der Waals surface area contributed by atoms with Crippen LogP contribution in [-0.2, 0) is 4.79 Å². The van der Waals surface area contributed by atoms with Crippen molar-refractivity contribution in [2.45, 2.75) is 20.3 Å². The maximum absolute atomic E-state index is 12.0. The van der Waals surface area contributed by atoms with E-state index in [-0.39, 0.29) is 12.5 Å². The number of likely N-dealkylation sites (N-methyl/N-ethyl adjacent to an activating group) is 1. The molecule has 6 nitrogen and oxygen atoms in total. The van der Waals surface area contributed by atoms with Gasteiger partial charge in [0.1, 0.15) is 5.84 Å². The highest BCUT2D eigenvalue weighted by Gasteiger charge is 2.14. The smallest absolute Gasteiger partial charge is 0.260 e. The summed E-state index contributed by atoms with van der Waals surface area (Å²) in [6, 6.07) is 5.63. The number of amides is 1. The molecule has 1 heterocycles. The van der Waals surface area contributed by atoms with Gasteiger partial charge in [0, 0.05) is 31.7 Å². The summed E-state index contributed by atoms with van der Waals surface area (Å²) in [5.74, 6) is 2.01. The van der Waals surface area contributed by atoms with Crippen LogP contribution in [0.1, 0.15) is 25.8 Å². The average molecular weight is 319 g/mol. The van der Waals surface area contributed by atoms with Crippen LogP contribution in [0.4, 0.5) is 0 Å². The minimum absolute atomic E-state index is 0.0105. The molecule has 1 aliphatic heterocycles. The Kier molecular flexibility index (Phi) is 6.26. The fourth-order valence-electron chi connectivity index (χ4n) is 2.47. The number of carbonyl (C=O) groups excluding carboxylic acids is 1. The SMILES string of the molecule is CCN(CC)C(=O)COc1ccc(C2=NCCCN2)cc1OC. The molecule has 0 aromatic heterocycles. The molecular formula is C17H25N3O3. The predicted molar refractivity (Wildman–Crippen MR) is 90.4 cm³/mol. The van der Waals surface area contributed by atoms with E-state index in [9.17, 15) is 4.79 Å². The molecule has 0 aliphatic carbocycles. The normalized spacial score (nSPS) is 13.8. The summed E-state index contributed by atoms with van der Waals surface area (Å²) in [4.78, 5) is 18.2. The van der Waals surface area contributed by atoms with E-state index in [0.29, 0.717) is 24.6 Å². The molecule has 0 atom stereocenters. The Morgan fingerprint density at radius 1 is 1.30 bits per heavy atom. The van der Waals surface area contributed by atoms with Crippen LogP contribution < -0.4 is 14.8 Å². The van der Waals surface area contributed by atoms with Gasteiger partial charge in [0.15, 0.2) is 18.1 Å². The quantitative estimate of drug-likeness (QED) is 0.830. The summed E-state index contributed by atoms with van der Waals surface area (Å²) in [5.41, 5.74) is 0.962. The third-order valence-corrected chi connectivity index (χ3v) is 3.80. The van der Waals surface area contributed by atoms with Crippen LogP contribution in [-0.4, -0.2) is 56.5 Å². The molecule has 0 unspecified atom stereocenters. The van der Waals surface area contributed by atoms with Gasteiger partial charge in [-0.2, -0.15) is 0 Å². The van der Waals surface area contributed by atoms with E-state index >= 15 is 0 Å². The molecule has 0 spiro atoms. The van der Waals surface area contributed by atoms with E-state index in [0.717, 1.165) is 30.9 Å². The van der Waals surface area contributed by atoms with Gasteiger partial charge in [0.25, 0.3) is 5.91 Å². The second kappa shape index (κ2) is 8.41. The number of hydrogen-bond acceptors (Lipinski definition) is 5. The molecule has 0 saturated heterocycles. The van der Waals surface area contributed by atoms with Crippen molar-refractivity contribution in [1.82, 2.24) is 10.2 Å². The van der Waals surface area contributed by atoms with Crippen molar-refractivity contribution in [2.24, 2.45) is 4.99 Å². The van der Waals surface area contributed by atoms with Crippen LogP contribution in [0, 0.1) is 0 Å². The fraction of sp³-hybridized carbons (Fsp3) is 0.529. The van der Waals surface area contributed by atoms with Crippen molar-refractivity contribution >= 4 is 11.7 Å². The summed E-state index contributed by atoms with van der Waals surface area (Å²) < 4.78 is 11.0. The van der Waals surface area contributed by atoms with Gasteiger partial charge < -0.3 is 19.7 Å². The van der Waals surface area contributed by atoms with Crippen molar-refractivity contribution in [2.75, 3.05) is 39.9 Å². The third kappa shape index (κ3) is 4.37. The van der Waals surface area contributed by atoms with Crippen molar-refractivity contribution < 1.29 is 14.3 Å². The number of hydrogen-bond donors (Lipinski definition) is 1. The number of rotatable bonds is 7. The summed E-state index contributed by atoms with van der Waals surface area (Å²) in [7, 11) is 1.59. The number of methoxy groups -OCH3 is 1. The van der Waals surface area contributed by atoms with Gasteiger partial charge in [-0.15, -0.1) is 0 Å². The number of nitrogens with zero attached hydrogens (tertiary/aromatic N) is 2. The highest BCUT2D eigenvalue weighted by Crippen LogP contribution is 2.28. The lowest BCUT2D eigenvalue weighted by Crippen LogP contribution is -2.34. The lowest BCUT2D eigenvalue weighted by molar-refractivity contribution is -0.132. The molecule has 0 bridgehead atoms. The minimum atomic E-state index is -0.0283. The maximum Gasteiger partial charge on any atom is 0.260 e. The van der Waals surface area contributed by atoms with Crippen LogP contribution in [0.3, 0.4) is 0 Å². The Balaban J connectivity index is 2.07. The van der Waals surface area contributed by atoms with Gasteiger partial charge in [0.05, 0.1) is 7.11 Å². The van der Waals surface area contributed by atoms with Gasteiger partial charge in [-0.25, -0.2) is 0 Å². The van der Waals surface area contributed by atoms with E-state index in [1.165, 1.54) is 0 Å². The van der Waals surface area contributed by atoms with E-state index < -0.39 is 0 Å². The molecule has 1 amide bonds. The first-order chi connectivity index (χ1) is 11.2. The number of aliphatic imine (C=N–C) groups is 1. The van der Waals surface area contributed by atoms with Crippen molar-refractivity contribution in [3.63, 3.8) is 0 Å². The van der Waals surface area contributed by atoms with Gasteiger partial charge in [-0.3, -0.25) is 9.79 Å². The second-order valence-corrected chi connectivity index (χ2v) is 5.23. The van der Waals surface area contributed by atoms with Crippen molar-refractivity contribution in [3.05, 3.63) is 23.8 Å². The number of benzene rings is 1. The highest BCUT2D eigenvalue weighted by atomic mass is 16.5. The molecule has 1 aliphatic rings. The maximum atomic E-state index is 12.0. The zero-order valence-electron chi connectivity index (χ0n) is 14.1. The van der Waals surface area contributed by atoms with Crippen molar-refractivity contribution in [3.8, 4) is 11.5 Å². The summed E-state index contributed by atoms with van der Waals surface area (Å²) in [6.07, 6.45) is 1.05. The zero-order valence-corrected chi connectivity index (χ0v) is 14.1. The Labute approximate surface area is 137 Å². The van der Waals surface area contributed by atoms with Crippen LogP contribution in [0.25, 0.3) is 0 Å². The fourth-order valence-corrected chi connectivity index (χ4v) is 2.47. The Morgan fingerprint density at radius 3 is 2.70 bits per heavy atom. The molecule has 2 rings (SSSR count). The standard InChI is InChI=1S/C17H25N3O3/c1-4-20(5-2)16(21)12-23-14-8-7-13(11-15(14)22-3)17-18-9-6-10-19-17/h7-8,11H,4-6,9-10,12H2,1-3H3,(H,18,19). The Bertz CT molecular complexity index is 568. The molecule has 6 heteroatoms. The van der Waals surface area contributed by atoms with Crippen LogP contribution in [0.2, 0.25) is 0 Å². The van der Waals surface area contributed by atoms with Crippen LogP contribution in [0.15, 0.2) is 23.2 Å². The van der Waals surface area contributed by atoms with E-state index in [1.807, 2.05) is 32.0 Å². The van der Waals surface area contributed by atoms with Gasteiger partial charge >= 0.3 is 0 Å². The van der Waals surface area contributed by atoms with Gasteiger partial charge in [0.2, 0.25) is 0 Å². The third-order valence-electron chi connectivity index (χ3n) is 3.80. The summed E-state index contributed by atoms with van der Waals surface area (Å²) in [5, 5.41) is 3.28. The van der Waals surface area contributed by atoms with E-state index in [4.69, 9.17) is 9.47 Å². The van der Waals surface area contributed by atoms with Crippen molar-refractivity contribution in [1.29, 1.82) is 0 Å². The predicted octanol–water partition coefficient (Wildman–Crippen LogP) is 1.68. The number of nitrogens with one attached hydrogen (secondary N) is 1. The number of amidine groups is 1. The van der Waals surface area contributed by atoms with Crippen LogP contribution >= 0.6 is 0 Å². The molecule has 0 fully saturated rings. The zero-order chi connectivity index (χ0) is 16.7. The van der Waals surface area contributed by atoms with E-state index in [2.05, 4.69) is 10.3 Å². The average Bonchev–Trinajstić information content (AvgIpc) is 2.61. The van der Waals surface area contributed by atoms with Crippen LogP contribution in [0.5, 0.6) is 11.5 Å². The first kappa shape index (κ1) is 17.1. The molecule has 126 valence electrons. The van der Waals surface area contributed by atoms with Gasteiger partial charge in [-0.05, 0) is 38.5 Å². The Morgan fingerprint density at radius 2 is 2.09 bits per heavy atom. The molecule has 0 saturated carbocycles. The molecule has 1 N–H and O–H groups in total. The molecule has 1 aromatic rings. The molecule has 1 aromatic carbocycles. The number of ether oxygens (including phenoxy) is 2. The highest BCUT2D eigenvalue weighted by molar-refractivity contribution is 5.99. The topological polar surface area (TPSA) is 63.2 Å². The Hall–Kier alpha value is -2.24. The summed E-state index contributed by atoms with van der Waals surface area (Å²) >= 11 is 0. The van der Waals surface area contributed by atoms with Gasteiger partial charge in [-0.1, -0.05) is 0 Å². The monoisotopic (exact) mass is 319 g/mol. The largest absolute Gasteiger partial charge is 0.493 e. The molecular weight excluding hydrogens is 294 g/mol. The first-order valence-corrected chi connectivity index (χ1v) is 8.06. The number of carbonyl (C=O) groups is 1. The summed E-state index contributed by atoms with van der Waals surface area (Å²) in [6.45, 7) is 7.04. The lowest BCUT2D eigenvalue weighted by atomic mass is 10.1. The lowest BCUT2D eigenvalue weighted by Gasteiger charge is -2.20. The first-order valence-electron chi connectivity index (χ1n) is 8.06. The molecule has 23 heavy (non-hydrogen) atoms. The second-order valence-electron chi connectivity index (χ2n) is 5.23. The minimum Gasteiger partial charge on any atom is -0.493 e. The molecule has 0 radical (unpaired) electrons.